The monoisotopic (exact) mass is 947 g/mol. The number of carbonyl (C=O) groups is 6. The molecule has 2 saturated heterocycles. The lowest BCUT2D eigenvalue weighted by atomic mass is 9.90. The predicted octanol–water partition coefficient (Wildman–Crippen LogP) is 4.54. The second-order valence-corrected chi connectivity index (χ2v) is 17.4. The van der Waals surface area contributed by atoms with Gasteiger partial charge in [-0.25, -0.2) is 19.7 Å². The summed E-state index contributed by atoms with van der Waals surface area (Å²) in [7, 11) is 0. The fourth-order valence-corrected chi connectivity index (χ4v) is 9.16. The molecule has 2 atom stereocenters. The topological polar surface area (TPSA) is 243 Å². The van der Waals surface area contributed by atoms with Crippen molar-refractivity contribution in [3.8, 4) is 11.3 Å². The fraction of sp³-hybridized carbons (Fsp3) is 0.362. The summed E-state index contributed by atoms with van der Waals surface area (Å²) in [5.74, 6) is -1.33. The van der Waals surface area contributed by atoms with Gasteiger partial charge in [0.05, 0.1) is 40.7 Å². The number of nitrogens with one attached hydrogen (secondary N) is 4. The summed E-state index contributed by atoms with van der Waals surface area (Å²) >= 11 is 0. The van der Waals surface area contributed by atoms with Crippen LogP contribution in [0.5, 0.6) is 0 Å². The second-order valence-electron chi connectivity index (χ2n) is 17.4. The van der Waals surface area contributed by atoms with Crippen LogP contribution in [0.4, 0.5) is 35.4 Å². The molecule has 0 spiro atoms. The van der Waals surface area contributed by atoms with E-state index < -0.39 is 29.6 Å². The Morgan fingerprint density at radius 2 is 1.68 bits per heavy atom. The van der Waals surface area contributed by atoms with Gasteiger partial charge in [-0.1, -0.05) is 24.3 Å². The number of aromatic nitrogens is 5. The summed E-state index contributed by atoms with van der Waals surface area (Å²) in [5.41, 5.74) is 8.70. The third-order valence-electron chi connectivity index (χ3n) is 12.8. The molecule has 5 aromatic rings. The van der Waals surface area contributed by atoms with Crippen molar-refractivity contribution in [1.82, 2.24) is 50.5 Å². The summed E-state index contributed by atoms with van der Waals surface area (Å²) < 4.78 is 41.7. The highest BCUT2D eigenvalue weighted by Crippen LogP contribution is 2.39. The minimum atomic E-state index is -4.60. The van der Waals surface area contributed by atoms with Gasteiger partial charge in [0.2, 0.25) is 17.7 Å². The molecule has 19 nitrogen and oxygen atoms in total. The van der Waals surface area contributed by atoms with Crippen molar-refractivity contribution >= 4 is 70.0 Å². The minimum absolute atomic E-state index is 0.0283. The lowest BCUT2D eigenvalue weighted by Crippen LogP contribution is -2.65. The van der Waals surface area contributed by atoms with Crippen LogP contribution in [0.25, 0.3) is 28.2 Å². The quantitative estimate of drug-likeness (QED) is 0.137. The average molecular weight is 948 g/mol. The number of urea groups is 1. The van der Waals surface area contributed by atoms with E-state index in [0.717, 1.165) is 48.7 Å². The summed E-state index contributed by atoms with van der Waals surface area (Å²) in [6.07, 6.45) is 6.67. The lowest BCUT2D eigenvalue weighted by molar-refractivity contribution is -0.137. The van der Waals surface area contributed by atoms with Crippen molar-refractivity contribution in [2.45, 2.75) is 69.2 Å². The zero-order valence-corrected chi connectivity index (χ0v) is 37.2. The second kappa shape index (κ2) is 19.4. The van der Waals surface area contributed by atoms with Gasteiger partial charge in [0.1, 0.15) is 23.1 Å². The molecule has 0 radical (unpaired) electrons. The van der Waals surface area contributed by atoms with Crippen LogP contribution in [-0.2, 0) is 20.6 Å². The molecule has 1 aromatic carbocycles. The van der Waals surface area contributed by atoms with Gasteiger partial charge in [-0.15, -0.1) is 0 Å². The maximum atomic E-state index is 13.6. The Morgan fingerprint density at radius 1 is 0.884 bits per heavy atom. The zero-order valence-electron chi connectivity index (χ0n) is 37.2. The van der Waals surface area contributed by atoms with Crippen molar-refractivity contribution in [3.63, 3.8) is 0 Å². The zero-order chi connectivity index (χ0) is 48.4. The van der Waals surface area contributed by atoms with Crippen molar-refractivity contribution < 1.29 is 41.9 Å². The number of imide groups is 1. The van der Waals surface area contributed by atoms with E-state index >= 15 is 0 Å². The Bertz CT molecular complexity index is 2850. The van der Waals surface area contributed by atoms with Gasteiger partial charge in [0.25, 0.3) is 11.8 Å². The number of amides is 7. The van der Waals surface area contributed by atoms with Crippen LogP contribution in [-0.4, -0.2) is 121 Å². The van der Waals surface area contributed by atoms with E-state index in [1.54, 1.807) is 35.4 Å². The molecule has 1 saturated carbocycles. The Labute approximate surface area is 392 Å². The largest absolute Gasteiger partial charge is 0.416 e. The number of nitrogen functional groups attached to an aromatic ring is 1. The number of halogens is 3. The summed E-state index contributed by atoms with van der Waals surface area (Å²) in [6, 6.07) is 10.6. The van der Waals surface area contributed by atoms with Crippen LogP contribution >= 0.6 is 0 Å². The van der Waals surface area contributed by atoms with Gasteiger partial charge in [0.15, 0.2) is 0 Å². The van der Waals surface area contributed by atoms with Crippen molar-refractivity contribution in [2.75, 3.05) is 55.2 Å². The first-order valence-corrected chi connectivity index (χ1v) is 22.6. The minimum Gasteiger partial charge on any atom is -0.383 e. The molecule has 0 unspecified atom stereocenters. The lowest BCUT2D eigenvalue weighted by Gasteiger charge is -2.46. The van der Waals surface area contributed by atoms with Gasteiger partial charge in [0, 0.05) is 86.9 Å². The Balaban J connectivity index is 0.855. The Hall–Kier alpha value is -7.91. The molecule has 7 heterocycles. The third-order valence-corrected chi connectivity index (χ3v) is 12.8. The third kappa shape index (κ3) is 10.2. The van der Waals surface area contributed by atoms with Crippen molar-refractivity contribution in [2.24, 2.45) is 0 Å². The number of hydrogen-bond acceptors (Lipinski definition) is 12. The molecule has 22 heteroatoms. The highest BCUT2D eigenvalue weighted by atomic mass is 19.4. The van der Waals surface area contributed by atoms with E-state index in [2.05, 4.69) is 36.2 Å². The number of alkyl halides is 3. The van der Waals surface area contributed by atoms with Gasteiger partial charge < -0.3 is 36.4 Å². The molecule has 3 fully saturated rings. The van der Waals surface area contributed by atoms with Crippen molar-refractivity contribution in [3.05, 3.63) is 95.5 Å². The number of fused-ring (bicyclic) bond motifs is 3. The van der Waals surface area contributed by atoms with Crippen LogP contribution in [0, 0.1) is 0 Å². The standard InChI is InChI=1S/C47H48F3N13O6/c48-47(49,50)31-13-16-52-35(20-31)57-45(68)28-9-7-27(8-10-28)41-40-42-29(22-55-43(40)51)4-1-2-18-60(26-38(65)56-32-5-3-6-33(21-32)63(42)59-41)39(66)14-17-53-44(67)30-11-12-36(54-23-30)61-24-34(25-61)62-19-15-37(64)58-46(62)69/h1,4,7-13,16,20,22-23,32-34H,2-3,5-6,14-15,17-19,21,24-26H2,(H2,51,55)(H,53,67)(H,56,65)(H,52,57,68)(H,58,64,69)/b4-1+/t32-,33-/m1/s1. The van der Waals surface area contributed by atoms with Crippen LogP contribution in [0.1, 0.15) is 82.8 Å². The molecule has 9 rings (SSSR count). The molecule has 69 heavy (non-hydrogen) atoms. The summed E-state index contributed by atoms with van der Waals surface area (Å²) in [5, 5.41) is 16.4. The average Bonchev–Trinajstić information content (AvgIpc) is 3.73. The predicted molar refractivity (Wildman–Crippen MR) is 246 cm³/mol. The Morgan fingerprint density at radius 3 is 2.43 bits per heavy atom. The molecular formula is C47H48F3N13O6. The highest BCUT2D eigenvalue weighted by molar-refractivity contribution is 6.06. The number of nitrogens with zero attached hydrogens (tertiary/aromatic N) is 8. The number of anilines is 3. The fourth-order valence-electron chi connectivity index (χ4n) is 9.16. The maximum Gasteiger partial charge on any atom is 0.416 e. The first-order chi connectivity index (χ1) is 33.2. The maximum absolute atomic E-state index is 13.6. The van der Waals surface area contributed by atoms with Gasteiger partial charge >= 0.3 is 12.2 Å². The molecule has 4 aliphatic rings. The molecule has 4 aromatic heterocycles. The first-order valence-electron chi connectivity index (χ1n) is 22.6. The first kappa shape index (κ1) is 46.2. The van der Waals surface area contributed by atoms with Gasteiger partial charge in [-0.3, -0.25) is 34.0 Å². The van der Waals surface area contributed by atoms with E-state index in [-0.39, 0.29) is 85.5 Å². The number of nitrogens with two attached hydrogens (primary N) is 1. The van der Waals surface area contributed by atoms with Crippen LogP contribution < -0.4 is 31.9 Å². The molecule has 3 aliphatic heterocycles. The molecule has 7 amide bonds. The highest BCUT2D eigenvalue weighted by Gasteiger charge is 2.38. The molecule has 358 valence electrons. The number of hydrogen-bond donors (Lipinski definition) is 5. The van der Waals surface area contributed by atoms with Gasteiger partial charge in [-0.05, 0) is 68.5 Å². The van der Waals surface area contributed by atoms with E-state index in [1.807, 2.05) is 21.7 Å². The van der Waals surface area contributed by atoms with E-state index in [0.29, 0.717) is 60.5 Å². The van der Waals surface area contributed by atoms with Crippen LogP contribution in [0.15, 0.2) is 73.2 Å². The Kier molecular flexibility index (Phi) is 13.0. The number of pyridine rings is 3. The normalized spacial score (nSPS) is 19.5. The number of benzene rings is 1. The number of rotatable bonds is 9. The van der Waals surface area contributed by atoms with Crippen molar-refractivity contribution in [1.29, 1.82) is 0 Å². The smallest absolute Gasteiger partial charge is 0.383 e. The van der Waals surface area contributed by atoms with Crippen LogP contribution in [0.3, 0.4) is 0 Å². The van der Waals surface area contributed by atoms with E-state index in [4.69, 9.17) is 10.8 Å². The van der Waals surface area contributed by atoms with Crippen LogP contribution in [0.2, 0.25) is 0 Å². The number of carbonyl (C=O) groups excluding carboxylic acids is 6. The SMILES string of the molecule is Nc1ncc2c3c1c(-c1ccc(C(=O)Nc4cc(C(F)(F)F)ccn4)cc1)nn3[C@@H]1CCC[C@H](C1)NC(=O)CN(C(=O)CCNC(=O)c1ccc(N3CC(N4CCC(=O)NC4=O)C3)nc1)CC/C=C/2. The molecule has 2 bridgehead atoms. The van der Waals surface area contributed by atoms with E-state index in [9.17, 15) is 41.9 Å². The summed E-state index contributed by atoms with van der Waals surface area (Å²) in [6.45, 7) is 1.54. The molecular weight excluding hydrogens is 900 g/mol. The van der Waals surface area contributed by atoms with Gasteiger partial charge in [-0.2, -0.15) is 18.3 Å². The molecule has 6 N–H and O–H groups in total. The van der Waals surface area contributed by atoms with E-state index in [1.165, 1.54) is 23.2 Å². The molecule has 1 aliphatic carbocycles. The summed E-state index contributed by atoms with van der Waals surface area (Å²) in [4.78, 5) is 94.9.